The maximum Gasteiger partial charge on any atom is 0.334 e. The summed E-state index contributed by atoms with van der Waals surface area (Å²) in [5, 5.41) is 0. The summed E-state index contributed by atoms with van der Waals surface area (Å²) in [4.78, 5) is 0. The van der Waals surface area contributed by atoms with Crippen LogP contribution in [0.2, 0.25) is 12.6 Å². The molecule has 0 aliphatic rings. The lowest BCUT2D eigenvalue weighted by molar-refractivity contribution is 0.142. The summed E-state index contributed by atoms with van der Waals surface area (Å²) in [5.41, 5.74) is 0. The topological polar surface area (TPSA) is 18.5 Å². The molecule has 0 aromatic rings. The maximum atomic E-state index is 6.19. The maximum absolute atomic E-state index is 6.19. The minimum Gasteiger partial charge on any atom is -0.394 e. The van der Waals surface area contributed by atoms with Crippen LogP contribution in [-0.4, -0.2) is 21.8 Å². The molecule has 0 aromatic carbocycles. The van der Waals surface area contributed by atoms with E-state index in [1.54, 1.807) is 0 Å². The summed E-state index contributed by atoms with van der Waals surface area (Å²) in [6.45, 7) is 15.1. The second-order valence-corrected chi connectivity index (χ2v) is 10.4. The zero-order chi connectivity index (χ0) is 15.4. The Morgan fingerprint density at radius 3 is 1.65 bits per heavy atom. The quantitative estimate of drug-likeness (QED) is 0.318. The monoisotopic (exact) mass is 302 g/mol. The molecule has 0 atom stereocenters. The number of rotatable bonds is 13. The highest BCUT2D eigenvalue weighted by atomic mass is 28.4. The van der Waals surface area contributed by atoms with Crippen LogP contribution in [0.25, 0.3) is 0 Å². The van der Waals surface area contributed by atoms with Gasteiger partial charge in [0.2, 0.25) is 0 Å². The van der Waals surface area contributed by atoms with Crippen molar-refractivity contribution in [2.75, 3.05) is 13.2 Å². The summed E-state index contributed by atoms with van der Waals surface area (Å²) >= 11 is 0. The van der Waals surface area contributed by atoms with E-state index in [4.69, 9.17) is 8.85 Å². The van der Waals surface area contributed by atoms with Crippen molar-refractivity contribution >= 4 is 8.56 Å². The first-order chi connectivity index (χ1) is 9.39. The Labute approximate surface area is 128 Å². The molecule has 0 bridgehead atoms. The molecule has 20 heavy (non-hydrogen) atoms. The smallest absolute Gasteiger partial charge is 0.334 e. The van der Waals surface area contributed by atoms with Gasteiger partial charge in [-0.15, -0.1) is 0 Å². The predicted molar refractivity (Wildman–Crippen MR) is 91.4 cm³/mol. The molecular weight excluding hydrogens is 264 g/mol. The van der Waals surface area contributed by atoms with Crippen LogP contribution in [0.15, 0.2) is 0 Å². The van der Waals surface area contributed by atoms with E-state index in [0.717, 1.165) is 19.3 Å². The van der Waals surface area contributed by atoms with Gasteiger partial charge in [-0.2, -0.15) is 0 Å². The molecule has 0 aliphatic carbocycles. The van der Waals surface area contributed by atoms with E-state index in [0.29, 0.717) is 11.8 Å². The zero-order valence-electron chi connectivity index (χ0n) is 14.8. The third-order valence-corrected chi connectivity index (χ3v) is 6.24. The Kier molecular flexibility index (Phi) is 11.8. The predicted octanol–water partition coefficient (Wildman–Crippen LogP) is 5.76. The number of hydrogen-bond acceptors (Lipinski definition) is 2. The van der Waals surface area contributed by atoms with E-state index in [1.807, 2.05) is 0 Å². The van der Waals surface area contributed by atoms with Gasteiger partial charge in [0.05, 0.1) is 0 Å². The molecule has 0 unspecified atom stereocenters. The fraction of sp³-hybridized carbons (Fsp3) is 1.00. The average Bonchev–Trinajstić information content (AvgIpc) is 2.38. The summed E-state index contributed by atoms with van der Waals surface area (Å²) in [6, 6.07) is 1.15. The molecule has 0 radical (unpaired) electrons. The Hall–Kier alpha value is 0.137. The van der Waals surface area contributed by atoms with Crippen LogP contribution in [0.3, 0.4) is 0 Å². The van der Waals surface area contributed by atoms with Crippen molar-refractivity contribution in [2.24, 2.45) is 11.8 Å². The van der Waals surface area contributed by atoms with Crippen molar-refractivity contribution in [1.82, 2.24) is 0 Å². The van der Waals surface area contributed by atoms with E-state index >= 15 is 0 Å². The van der Waals surface area contributed by atoms with Crippen molar-refractivity contribution < 1.29 is 8.85 Å². The van der Waals surface area contributed by atoms with Crippen LogP contribution in [0.4, 0.5) is 0 Å². The highest BCUT2D eigenvalue weighted by Gasteiger charge is 2.31. The van der Waals surface area contributed by atoms with Crippen LogP contribution in [-0.2, 0) is 8.85 Å². The Morgan fingerprint density at radius 2 is 1.20 bits per heavy atom. The molecular formula is C17H38O2Si. The lowest BCUT2D eigenvalue weighted by Crippen LogP contribution is -2.40. The first-order valence-electron chi connectivity index (χ1n) is 8.67. The van der Waals surface area contributed by atoms with Gasteiger partial charge in [-0.25, -0.2) is 0 Å². The van der Waals surface area contributed by atoms with Gasteiger partial charge in [0.25, 0.3) is 0 Å². The van der Waals surface area contributed by atoms with Crippen molar-refractivity contribution in [2.45, 2.75) is 85.7 Å². The zero-order valence-corrected chi connectivity index (χ0v) is 15.8. The standard InChI is InChI=1S/C17H38O2Si/c1-7-8-9-10-11-12-13-20(6,18-14-16(2)3)19-15-17(4)5/h16-17H,7-15H2,1-6H3. The fourth-order valence-corrected chi connectivity index (χ4v) is 4.73. The van der Waals surface area contributed by atoms with Gasteiger partial charge < -0.3 is 8.85 Å². The molecule has 0 amide bonds. The van der Waals surface area contributed by atoms with Gasteiger partial charge in [-0.05, 0) is 24.4 Å². The molecule has 122 valence electrons. The van der Waals surface area contributed by atoms with E-state index in [9.17, 15) is 0 Å². The molecule has 0 aromatic heterocycles. The third-order valence-electron chi connectivity index (χ3n) is 3.43. The third kappa shape index (κ3) is 11.9. The van der Waals surface area contributed by atoms with Crippen LogP contribution >= 0.6 is 0 Å². The van der Waals surface area contributed by atoms with Gasteiger partial charge in [-0.1, -0.05) is 73.1 Å². The SMILES string of the molecule is CCCCCCCC[Si](C)(OCC(C)C)OCC(C)C. The van der Waals surface area contributed by atoms with Crippen molar-refractivity contribution in [3.63, 3.8) is 0 Å². The molecule has 3 heteroatoms. The molecule has 0 saturated carbocycles. The first kappa shape index (κ1) is 20.1. The molecule has 0 rings (SSSR count). The molecule has 0 aliphatic heterocycles. The lowest BCUT2D eigenvalue weighted by atomic mass is 10.1. The summed E-state index contributed by atoms with van der Waals surface area (Å²) in [5.74, 6) is 1.18. The molecule has 2 nitrogen and oxygen atoms in total. The minimum absolute atomic E-state index is 0.592. The largest absolute Gasteiger partial charge is 0.394 e. The van der Waals surface area contributed by atoms with Crippen molar-refractivity contribution in [3.05, 3.63) is 0 Å². The van der Waals surface area contributed by atoms with Crippen LogP contribution in [0.5, 0.6) is 0 Å². The second kappa shape index (κ2) is 11.8. The van der Waals surface area contributed by atoms with Crippen LogP contribution in [0.1, 0.15) is 73.1 Å². The Morgan fingerprint density at radius 1 is 0.750 bits per heavy atom. The highest BCUT2D eigenvalue weighted by molar-refractivity contribution is 6.66. The van der Waals surface area contributed by atoms with Gasteiger partial charge >= 0.3 is 8.56 Å². The van der Waals surface area contributed by atoms with Gasteiger partial charge in [-0.3, -0.25) is 0 Å². The van der Waals surface area contributed by atoms with Crippen molar-refractivity contribution in [1.29, 1.82) is 0 Å². The van der Waals surface area contributed by atoms with Crippen LogP contribution < -0.4 is 0 Å². The van der Waals surface area contributed by atoms with Gasteiger partial charge in [0, 0.05) is 13.2 Å². The normalized spacial score (nSPS) is 12.6. The van der Waals surface area contributed by atoms with Crippen molar-refractivity contribution in [3.8, 4) is 0 Å². The van der Waals surface area contributed by atoms with E-state index in [2.05, 4.69) is 41.2 Å². The molecule has 0 N–H and O–H groups in total. The molecule has 0 spiro atoms. The first-order valence-corrected chi connectivity index (χ1v) is 11.2. The fourth-order valence-electron chi connectivity index (χ4n) is 2.10. The number of hydrogen-bond donors (Lipinski definition) is 0. The molecule has 0 saturated heterocycles. The molecule has 0 fully saturated rings. The van der Waals surface area contributed by atoms with Gasteiger partial charge in [0.1, 0.15) is 0 Å². The van der Waals surface area contributed by atoms with E-state index < -0.39 is 8.56 Å². The van der Waals surface area contributed by atoms with Crippen LogP contribution in [0, 0.1) is 11.8 Å². The summed E-state index contributed by atoms with van der Waals surface area (Å²) in [7, 11) is -1.94. The lowest BCUT2D eigenvalue weighted by Gasteiger charge is -2.29. The summed E-state index contributed by atoms with van der Waals surface area (Å²) in [6.07, 6.45) is 8.05. The minimum atomic E-state index is -1.94. The van der Waals surface area contributed by atoms with E-state index in [1.165, 1.54) is 38.5 Å². The summed E-state index contributed by atoms with van der Waals surface area (Å²) < 4.78 is 12.4. The van der Waals surface area contributed by atoms with Gasteiger partial charge in [0.15, 0.2) is 0 Å². The Bertz CT molecular complexity index is 205. The number of unbranched alkanes of at least 4 members (excludes halogenated alkanes) is 5. The Balaban J connectivity index is 4.02. The molecule has 0 heterocycles. The highest BCUT2D eigenvalue weighted by Crippen LogP contribution is 2.20. The average molecular weight is 303 g/mol. The van der Waals surface area contributed by atoms with E-state index in [-0.39, 0.29) is 0 Å². The second-order valence-electron chi connectivity index (χ2n) is 7.06.